The van der Waals surface area contributed by atoms with Gasteiger partial charge >= 0.3 is 6.03 Å². The zero-order chi connectivity index (χ0) is 30.6. The van der Waals surface area contributed by atoms with Gasteiger partial charge in [0.05, 0.1) is 30.3 Å². The molecule has 3 saturated heterocycles. The maximum absolute atomic E-state index is 14.2. The number of sulfonamides is 1. The number of carbonyl (C=O) groups is 2. The lowest BCUT2D eigenvalue weighted by Gasteiger charge is -2.49. The van der Waals surface area contributed by atoms with E-state index >= 15 is 0 Å². The molecule has 43 heavy (non-hydrogen) atoms. The first-order chi connectivity index (χ1) is 20.4. The smallest absolute Gasteiger partial charge is 0.319 e. The van der Waals surface area contributed by atoms with Gasteiger partial charge in [0, 0.05) is 57.0 Å². The van der Waals surface area contributed by atoms with Gasteiger partial charge in [0.1, 0.15) is 19.3 Å². The lowest BCUT2D eigenvalue weighted by Crippen LogP contribution is -2.66. The van der Waals surface area contributed by atoms with Crippen molar-refractivity contribution < 1.29 is 27.0 Å². The molecule has 0 aromatic heterocycles. The van der Waals surface area contributed by atoms with Gasteiger partial charge < -0.3 is 4.90 Å². The second-order valence-electron chi connectivity index (χ2n) is 14.9. The van der Waals surface area contributed by atoms with Crippen molar-refractivity contribution in [3.8, 4) is 0 Å². The molecule has 0 radical (unpaired) electrons. The summed E-state index contributed by atoms with van der Waals surface area (Å²) in [7, 11) is 0.453. The summed E-state index contributed by atoms with van der Waals surface area (Å²) >= 11 is 0. The van der Waals surface area contributed by atoms with Crippen LogP contribution in [-0.4, -0.2) is 122 Å². The molecule has 6 rings (SSSR count). The third-order valence-corrected chi connectivity index (χ3v) is 13.6. The quantitative estimate of drug-likeness (QED) is 0.266. The van der Waals surface area contributed by atoms with Crippen LogP contribution in [0.4, 0.5) is 9.18 Å². The predicted octanol–water partition coefficient (Wildman–Crippen LogP) is 2.11. The molecule has 13 heteroatoms. The van der Waals surface area contributed by atoms with E-state index < -0.39 is 33.4 Å². The van der Waals surface area contributed by atoms with Crippen LogP contribution in [0.2, 0.25) is 0 Å². The van der Waals surface area contributed by atoms with Gasteiger partial charge in [0.15, 0.2) is 0 Å². The fourth-order valence-corrected chi connectivity index (χ4v) is 10.7. The third-order valence-electron chi connectivity index (χ3n) is 11.6. The van der Waals surface area contributed by atoms with E-state index in [1.165, 1.54) is 43.4 Å². The number of imide groups is 1. The monoisotopic (exact) mass is 626 g/mol. The Kier molecular flexibility index (Phi) is 8.88. The molecule has 3 amide bonds. The largest absolute Gasteiger partial charge is 0.327 e. The number of carbonyl (C=O) groups excluding carboxylic acids is 2. The molecule has 7 atom stereocenters. The summed E-state index contributed by atoms with van der Waals surface area (Å²) in [5.41, 5.74) is 6.19. The number of quaternary nitrogens is 1. The van der Waals surface area contributed by atoms with E-state index in [1.807, 2.05) is 11.9 Å². The number of halogens is 1. The van der Waals surface area contributed by atoms with E-state index in [2.05, 4.69) is 34.6 Å². The number of alkyl halides is 1. The van der Waals surface area contributed by atoms with Crippen molar-refractivity contribution in [1.29, 1.82) is 0 Å². The minimum atomic E-state index is -3.80. The van der Waals surface area contributed by atoms with Crippen LogP contribution >= 0.6 is 0 Å². The summed E-state index contributed by atoms with van der Waals surface area (Å²) in [4.78, 5) is 31.7. The number of fused-ring (bicyclic) bond motifs is 1. The number of hydrazine groups is 1. The molecule has 244 valence electrons. The number of hydrogen-bond donors (Lipinski definition) is 3. The number of urea groups is 1. The predicted molar refractivity (Wildman–Crippen MR) is 162 cm³/mol. The highest BCUT2D eigenvalue weighted by Gasteiger charge is 2.54. The van der Waals surface area contributed by atoms with Crippen LogP contribution < -0.4 is 15.6 Å². The summed E-state index contributed by atoms with van der Waals surface area (Å²) in [6.07, 6.45) is 10.4. The molecule has 11 nitrogen and oxygen atoms in total. The van der Waals surface area contributed by atoms with Gasteiger partial charge in [-0.1, -0.05) is 12.8 Å². The third kappa shape index (κ3) is 6.36. The number of amides is 3. The number of hydrogen-bond acceptors (Lipinski definition) is 7. The molecule has 7 unspecified atom stereocenters. The second kappa shape index (κ2) is 12.1. The highest BCUT2D eigenvalue weighted by molar-refractivity contribution is 7.90. The maximum atomic E-state index is 14.2. The molecule has 3 saturated carbocycles. The Morgan fingerprint density at radius 1 is 1.05 bits per heavy atom. The molecule has 0 aromatic carbocycles. The Bertz CT molecular complexity index is 1160. The SMILES string of the molecule is CC1CC(CN2C(=O)N(CC3CN[N+](C)(C4CCCCCC4)C3)C(=O)C3CC(S(=O)(=O)NC4(CF)CC4)CCC32)N(C)N1. The van der Waals surface area contributed by atoms with Crippen molar-refractivity contribution in [1.82, 2.24) is 30.4 Å². The van der Waals surface area contributed by atoms with Crippen molar-refractivity contribution in [2.24, 2.45) is 11.8 Å². The topological polar surface area (TPSA) is 114 Å². The molecule has 6 aliphatic rings. The first-order valence-corrected chi connectivity index (χ1v) is 18.3. The van der Waals surface area contributed by atoms with Crippen molar-refractivity contribution >= 4 is 22.0 Å². The normalized spacial score (nSPS) is 39.3. The van der Waals surface area contributed by atoms with E-state index in [4.69, 9.17) is 0 Å². The van der Waals surface area contributed by atoms with Gasteiger partial charge in [-0.15, -0.1) is 0 Å². The highest BCUT2D eigenvalue weighted by Crippen LogP contribution is 2.41. The summed E-state index contributed by atoms with van der Waals surface area (Å²) < 4.78 is 43.8. The minimum absolute atomic E-state index is 0.111. The summed E-state index contributed by atoms with van der Waals surface area (Å²) in [6, 6.07) is 0.398. The van der Waals surface area contributed by atoms with E-state index in [-0.39, 0.29) is 36.4 Å². The molecule has 3 heterocycles. The second-order valence-corrected chi connectivity index (χ2v) is 16.9. The molecular formula is C30H53FN7O4S+. The van der Waals surface area contributed by atoms with Crippen molar-refractivity contribution in [2.75, 3.05) is 46.9 Å². The number of nitrogens with one attached hydrogen (secondary N) is 3. The Morgan fingerprint density at radius 3 is 2.40 bits per heavy atom. The van der Waals surface area contributed by atoms with Gasteiger partial charge in [0.2, 0.25) is 15.9 Å². The van der Waals surface area contributed by atoms with Crippen molar-refractivity contribution in [2.45, 2.75) is 119 Å². The first kappa shape index (κ1) is 31.6. The fourth-order valence-electron chi connectivity index (χ4n) is 8.79. The zero-order valence-corrected chi connectivity index (χ0v) is 27.1. The molecule has 3 aliphatic heterocycles. The summed E-state index contributed by atoms with van der Waals surface area (Å²) in [6.45, 7) is 3.87. The van der Waals surface area contributed by atoms with Crippen molar-refractivity contribution in [3.63, 3.8) is 0 Å². The average molecular weight is 627 g/mol. The van der Waals surface area contributed by atoms with E-state index in [9.17, 15) is 22.4 Å². The molecule has 6 fully saturated rings. The average Bonchev–Trinajstić information content (AvgIpc) is 3.62. The van der Waals surface area contributed by atoms with Crippen LogP contribution in [0.25, 0.3) is 0 Å². The number of likely N-dealkylation sites (N-methyl/N-ethyl adjacent to an activating group) is 1. The lowest BCUT2D eigenvalue weighted by molar-refractivity contribution is -0.964. The van der Waals surface area contributed by atoms with Crippen LogP contribution in [0.1, 0.15) is 84.0 Å². The van der Waals surface area contributed by atoms with E-state index in [1.54, 1.807) is 0 Å². The standard InChI is InChI=1S/C30H53FN7O4S/c1-21-14-23(35(2)33-21)18-36-27-11-10-25(43(41,42)34-30(20-31)12-13-30)15-26(27)28(39)37(29(36)40)17-22-16-32-38(3,19-22)24-8-6-4-5-7-9-24/h21-27,32-34H,4-20H2,1-3H3/q+1. The fraction of sp³-hybridized carbons (Fsp3) is 0.933. The molecule has 0 spiro atoms. The molecule has 3 aliphatic carbocycles. The van der Waals surface area contributed by atoms with Crippen LogP contribution in [0.15, 0.2) is 0 Å². The maximum Gasteiger partial charge on any atom is 0.327 e. The Balaban J connectivity index is 1.20. The van der Waals surface area contributed by atoms with Gasteiger partial charge in [-0.2, -0.15) is 5.43 Å². The first-order valence-electron chi connectivity index (χ1n) is 16.7. The summed E-state index contributed by atoms with van der Waals surface area (Å²) in [5.74, 6) is -0.679. The lowest BCUT2D eigenvalue weighted by atomic mass is 9.80. The number of nitrogens with zero attached hydrogens (tertiary/aromatic N) is 4. The van der Waals surface area contributed by atoms with Crippen LogP contribution in [0.3, 0.4) is 0 Å². The van der Waals surface area contributed by atoms with Crippen LogP contribution in [0.5, 0.6) is 0 Å². The molecule has 0 aromatic rings. The van der Waals surface area contributed by atoms with Crippen molar-refractivity contribution in [3.05, 3.63) is 0 Å². The van der Waals surface area contributed by atoms with Gasteiger partial charge in [0.25, 0.3) is 0 Å². The number of rotatable bonds is 9. The Hall–Kier alpha value is -1.38. The molecular weight excluding hydrogens is 573 g/mol. The summed E-state index contributed by atoms with van der Waals surface area (Å²) in [5, 5.41) is 1.30. The highest BCUT2D eigenvalue weighted by atomic mass is 32.2. The molecule has 0 bridgehead atoms. The Morgan fingerprint density at radius 2 is 1.77 bits per heavy atom. The van der Waals surface area contributed by atoms with Gasteiger partial charge in [-0.05, 0) is 58.3 Å². The van der Waals surface area contributed by atoms with E-state index in [0.29, 0.717) is 50.9 Å². The van der Waals surface area contributed by atoms with E-state index in [0.717, 1.165) is 24.1 Å². The van der Waals surface area contributed by atoms with Gasteiger partial charge in [-0.25, -0.2) is 31.9 Å². The minimum Gasteiger partial charge on any atom is -0.319 e. The zero-order valence-electron chi connectivity index (χ0n) is 26.3. The van der Waals surface area contributed by atoms with Crippen LogP contribution in [0, 0.1) is 11.8 Å². The molecule has 3 N–H and O–H groups in total. The Labute approximate surface area is 256 Å². The van der Waals surface area contributed by atoms with Crippen LogP contribution in [-0.2, 0) is 14.8 Å². The van der Waals surface area contributed by atoms with Gasteiger partial charge in [-0.3, -0.25) is 15.1 Å².